The van der Waals surface area contributed by atoms with Crippen LogP contribution in [0.2, 0.25) is 0 Å². The van der Waals surface area contributed by atoms with Crippen molar-refractivity contribution in [3.63, 3.8) is 0 Å². The molecule has 2 aromatic rings. The first-order chi connectivity index (χ1) is 19.5. The van der Waals surface area contributed by atoms with Crippen LogP contribution in [0.25, 0.3) is 0 Å². The van der Waals surface area contributed by atoms with E-state index in [0.29, 0.717) is 35.4 Å². The highest BCUT2D eigenvalue weighted by atomic mass is 19.4. The molecule has 2 atom stereocenters. The van der Waals surface area contributed by atoms with Gasteiger partial charge in [-0.2, -0.15) is 26.3 Å². The van der Waals surface area contributed by atoms with Crippen molar-refractivity contribution in [2.24, 2.45) is 5.73 Å². The first-order valence-electron chi connectivity index (χ1n) is 13.4. The molecule has 1 aliphatic heterocycles. The van der Waals surface area contributed by atoms with Crippen LogP contribution in [0.5, 0.6) is 0 Å². The summed E-state index contributed by atoms with van der Waals surface area (Å²) in [5.41, 5.74) is 2.86. The number of urea groups is 2. The van der Waals surface area contributed by atoms with Crippen LogP contribution in [-0.2, 0) is 12.4 Å². The number of alkyl halides is 6. The minimum absolute atomic E-state index is 0.0104. The molecular formula is C28H32F7N5O2. The summed E-state index contributed by atoms with van der Waals surface area (Å²) in [6, 6.07) is 4.47. The minimum atomic E-state index is -5.08. The maximum absolute atomic E-state index is 13.7. The lowest BCUT2D eigenvalue weighted by atomic mass is 9.92. The number of anilines is 1. The second kappa shape index (κ2) is 12.0. The number of carbonyl (C=O) groups is 2. The second-order valence-corrected chi connectivity index (χ2v) is 10.9. The van der Waals surface area contributed by atoms with E-state index in [4.69, 9.17) is 5.73 Å². The Morgan fingerprint density at radius 3 is 1.95 bits per heavy atom. The molecule has 0 spiro atoms. The average molecular weight is 604 g/mol. The van der Waals surface area contributed by atoms with E-state index in [1.165, 1.54) is 41.1 Å². The summed E-state index contributed by atoms with van der Waals surface area (Å²) < 4.78 is 94.2. The molecule has 0 aromatic heterocycles. The number of carbonyl (C=O) groups excluding carboxylic acids is 2. The first-order valence-corrected chi connectivity index (χ1v) is 13.4. The summed E-state index contributed by atoms with van der Waals surface area (Å²) in [6.07, 6.45) is -7.20. The molecule has 1 aliphatic carbocycles. The number of amides is 4. The molecule has 2 aromatic carbocycles. The van der Waals surface area contributed by atoms with Gasteiger partial charge in [-0.15, -0.1) is 0 Å². The molecule has 4 rings (SSSR count). The smallest absolute Gasteiger partial charge is 0.335 e. The lowest BCUT2D eigenvalue weighted by Crippen LogP contribution is -2.49. The minimum Gasteiger partial charge on any atom is -0.335 e. The van der Waals surface area contributed by atoms with Crippen LogP contribution in [-0.4, -0.2) is 67.2 Å². The van der Waals surface area contributed by atoms with Crippen LogP contribution in [0, 0.1) is 5.82 Å². The van der Waals surface area contributed by atoms with Crippen molar-refractivity contribution in [1.29, 1.82) is 0 Å². The Bertz CT molecular complexity index is 1240. The topological polar surface area (TPSA) is 81.9 Å². The largest absolute Gasteiger partial charge is 0.416 e. The zero-order chi connectivity index (χ0) is 31.0. The van der Waals surface area contributed by atoms with E-state index < -0.39 is 53.0 Å². The number of hydrogen-bond donors (Lipinski definition) is 2. The first kappa shape index (κ1) is 31.4. The van der Waals surface area contributed by atoms with Gasteiger partial charge in [0.2, 0.25) is 0 Å². The van der Waals surface area contributed by atoms with E-state index in [1.807, 2.05) is 0 Å². The Morgan fingerprint density at radius 2 is 1.43 bits per heavy atom. The number of hydrogen-bond acceptors (Lipinski definition) is 3. The molecule has 42 heavy (non-hydrogen) atoms. The maximum atomic E-state index is 13.7. The fourth-order valence-corrected chi connectivity index (χ4v) is 5.53. The van der Waals surface area contributed by atoms with E-state index in [2.05, 4.69) is 5.32 Å². The number of rotatable bonds is 4. The van der Waals surface area contributed by atoms with E-state index in [1.54, 1.807) is 0 Å². The van der Waals surface area contributed by atoms with Crippen molar-refractivity contribution >= 4 is 17.7 Å². The van der Waals surface area contributed by atoms with Gasteiger partial charge in [-0.05, 0) is 61.6 Å². The van der Waals surface area contributed by atoms with Gasteiger partial charge in [0.1, 0.15) is 5.82 Å². The van der Waals surface area contributed by atoms with Gasteiger partial charge in [0.15, 0.2) is 0 Å². The summed E-state index contributed by atoms with van der Waals surface area (Å²) in [6.45, 7) is 0.185. The average Bonchev–Trinajstić information content (AvgIpc) is 3.38. The third-order valence-electron chi connectivity index (χ3n) is 8.02. The zero-order valence-electron chi connectivity index (χ0n) is 23.0. The molecular weight excluding hydrogens is 571 g/mol. The molecule has 0 radical (unpaired) electrons. The summed E-state index contributed by atoms with van der Waals surface area (Å²) in [5, 5.41) is 2.98. The quantitative estimate of drug-likeness (QED) is 0.434. The van der Waals surface area contributed by atoms with Gasteiger partial charge >= 0.3 is 24.4 Å². The second-order valence-electron chi connectivity index (χ2n) is 10.9. The Morgan fingerprint density at radius 1 is 0.881 bits per heavy atom. The number of benzene rings is 2. The number of likely N-dealkylation sites (tertiary alicyclic amines) is 1. The Hall–Kier alpha value is -3.55. The molecule has 1 saturated heterocycles. The van der Waals surface area contributed by atoms with Crippen LogP contribution >= 0.6 is 0 Å². The fourth-order valence-electron chi connectivity index (χ4n) is 5.53. The van der Waals surface area contributed by atoms with Gasteiger partial charge in [-0.3, -0.25) is 4.90 Å². The molecule has 1 saturated carbocycles. The van der Waals surface area contributed by atoms with Crippen molar-refractivity contribution in [3.05, 3.63) is 65.0 Å². The van der Waals surface area contributed by atoms with Gasteiger partial charge in [0.25, 0.3) is 0 Å². The number of nitrogens with one attached hydrogen (secondary N) is 1. The third kappa shape index (κ3) is 7.08. The normalized spacial score (nSPS) is 23.0. The van der Waals surface area contributed by atoms with Crippen molar-refractivity contribution in [3.8, 4) is 0 Å². The predicted octanol–water partition coefficient (Wildman–Crippen LogP) is 5.80. The summed E-state index contributed by atoms with van der Waals surface area (Å²) in [7, 11) is 2.44. The van der Waals surface area contributed by atoms with Crippen LogP contribution in [0.15, 0.2) is 42.5 Å². The summed E-state index contributed by atoms with van der Waals surface area (Å²) in [5.74, 6) is -1.00. The Labute approximate surface area is 238 Å². The highest BCUT2D eigenvalue weighted by Crippen LogP contribution is 2.39. The molecule has 2 fully saturated rings. The van der Waals surface area contributed by atoms with Crippen LogP contribution in [0.1, 0.15) is 48.3 Å². The third-order valence-corrected chi connectivity index (χ3v) is 8.02. The molecule has 7 nitrogen and oxygen atoms in total. The standard InChI is InChI=1S/C28H32F7N5O2/c1-38(22-12-17(27(30,31)32)11-18(13-22)28(33,34)35)26(42)39(2)24-15-40(14-23(24)16-3-5-19(29)6-4-16)25(41)37-21-9-7-20(36)8-10-21/h3-6,11-13,20-21,23-24H,7-10,14-15,36H2,1-2H3,(H,37,41)/t20?,21?,23-,24+/m0/s1. The Balaban J connectivity index is 1.59. The van der Waals surface area contributed by atoms with Crippen molar-refractivity contribution < 1.29 is 40.3 Å². The number of nitrogens with two attached hydrogens (primary N) is 1. The lowest BCUT2D eigenvalue weighted by molar-refractivity contribution is -0.143. The van der Waals surface area contributed by atoms with E-state index in [0.717, 1.165) is 19.9 Å². The van der Waals surface area contributed by atoms with Gasteiger partial charge in [0, 0.05) is 50.9 Å². The highest BCUT2D eigenvalue weighted by Gasteiger charge is 2.42. The van der Waals surface area contributed by atoms with E-state index in [9.17, 15) is 40.3 Å². The number of nitrogens with zero attached hydrogens (tertiary/aromatic N) is 3. The fraction of sp³-hybridized carbons (Fsp3) is 0.500. The monoisotopic (exact) mass is 603 g/mol. The molecule has 3 N–H and O–H groups in total. The SMILES string of the molecule is CN(C(=O)N(C)[C@@H]1CN(C(=O)NC2CCC(N)CC2)C[C@H]1c1ccc(F)cc1)c1cc(C(F)(F)F)cc(C(F)(F)F)c1. The molecule has 1 heterocycles. The van der Waals surface area contributed by atoms with Gasteiger partial charge < -0.3 is 20.9 Å². The van der Waals surface area contributed by atoms with Gasteiger partial charge in [-0.1, -0.05) is 12.1 Å². The molecule has 230 valence electrons. The lowest BCUT2D eigenvalue weighted by Gasteiger charge is -2.33. The summed E-state index contributed by atoms with van der Waals surface area (Å²) >= 11 is 0. The van der Waals surface area contributed by atoms with E-state index >= 15 is 0 Å². The maximum Gasteiger partial charge on any atom is 0.416 e. The summed E-state index contributed by atoms with van der Waals surface area (Å²) in [4.78, 5) is 30.1. The van der Waals surface area contributed by atoms with Gasteiger partial charge in [0.05, 0.1) is 17.2 Å². The molecule has 0 bridgehead atoms. The van der Waals surface area contributed by atoms with Crippen molar-refractivity contribution in [2.75, 3.05) is 32.1 Å². The van der Waals surface area contributed by atoms with Crippen LogP contribution in [0.3, 0.4) is 0 Å². The molecule has 4 amide bonds. The number of halogens is 7. The van der Waals surface area contributed by atoms with E-state index in [-0.39, 0.29) is 37.3 Å². The molecule has 2 aliphatic rings. The highest BCUT2D eigenvalue weighted by molar-refractivity contribution is 5.92. The van der Waals surface area contributed by atoms with Crippen molar-refractivity contribution in [1.82, 2.24) is 15.1 Å². The zero-order valence-corrected chi connectivity index (χ0v) is 23.0. The molecule has 0 unspecified atom stereocenters. The van der Waals surface area contributed by atoms with Gasteiger partial charge in [-0.25, -0.2) is 14.0 Å². The van der Waals surface area contributed by atoms with Crippen LogP contribution < -0.4 is 16.0 Å². The van der Waals surface area contributed by atoms with Crippen molar-refractivity contribution in [2.45, 2.75) is 62.1 Å². The number of likely N-dealkylation sites (N-methyl/N-ethyl adjacent to an activating group) is 1. The predicted molar refractivity (Wildman–Crippen MR) is 141 cm³/mol. The Kier molecular flexibility index (Phi) is 8.95. The molecule has 14 heteroatoms. The van der Waals surface area contributed by atoms with Crippen LogP contribution in [0.4, 0.5) is 46.0 Å².